The fourth-order valence-electron chi connectivity index (χ4n) is 4.43. The van der Waals surface area contributed by atoms with Gasteiger partial charge in [-0.3, -0.25) is 14.9 Å². The molecule has 0 aromatic carbocycles. The van der Waals surface area contributed by atoms with Crippen LogP contribution in [0.1, 0.15) is 37.2 Å². The Morgan fingerprint density at radius 2 is 2.04 bits per heavy atom. The number of fused-ring (bicyclic) bond motifs is 1. The molecule has 4 rings (SSSR count). The largest absolute Gasteiger partial charge is 0.469 e. The minimum Gasteiger partial charge on any atom is -0.469 e. The van der Waals surface area contributed by atoms with Crippen LogP contribution in [0.2, 0.25) is 5.04 Å². The van der Waals surface area contributed by atoms with E-state index in [-0.39, 0.29) is 17.3 Å². The number of hydrogen-bond donors (Lipinski definition) is 0. The van der Waals surface area contributed by atoms with Crippen molar-refractivity contribution < 1.29 is 4.74 Å². The van der Waals surface area contributed by atoms with Crippen molar-refractivity contribution in [2.45, 2.75) is 63.9 Å². The van der Waals surface area contributed by atoms with Gasteiger partial charge >= 0.3 is 0 Å². The third kappa shape index (κ3) is 3.92. The Balaban J connectivity index is 1.43. The van der Waals surface area contributed by atoms with Gasteiger partial charge in [-0.05, 0) is 74.5 Å². The highest BCUT2D eigenvalue weighted by atomic mass is 28.1. The minimum atomic E-state index is -0.0902. The summed E-state index contributed by atoms with van der Waals surface area (Å²) in [6, 6.07) is 4.73. The summed E-state index contributed by atoms with van der Waals surface area (Å²) >= 11 is 0. The molecular weight excluding hydrogens is 352 g/mol. The first kappa shape index (κ1) is 18.6. The summed E-state index contributed by atoms with van der Waals surface area (Å²) in [6.07, 6.45) is 6.21. The summed E-state index contributed by atoms with van der Waals surface area (Å²) in [5.41, 5.74) is 4.77. The number of likely N-dealkylation sites (tertiary alicyclic amines) is 1. The van der Waals surface area contributed by atoms with Crippen LogP contribution in [0.3, 0.4) is 0 Å². The third-order valence-corrected chi connectivity index (χ3v) is 6.33. The number of aliphatic imine (C=N–C) groups is 2. The summed E-state index contributed by atoms with van der Waals surface area (Å²) in [6.45, 7) is 10.4. The van der Waals surface area contributed by atoms with Crippen LogP contribution in [-0.4, -0.2) is 63.6 Å². The van der Waals surface area contributed by atoms with Gasteiger partial charge in [0, 0.05) is 47.4 Å². The van der Waals surface area contributed by atoms with Gasteiger partial charge in [-0.25, -0.2) is 4.99 Å². The maximum atomic E-state index is 5.78. The second-order valence-electron chi connectivity index (χ2n) is 8.20. The van der Waals surface area contributed by atoms with E-state index < -0.39 is 0 Å². The molecule has 3 aliphatic heterocycles. The highest BCUT2D eigenvalue weighted by Crippen LogP contribution is 2.39. The zero-order valence-electron chi connectivity index (χ0n) is 16.6. The number of dihydropyridines is 1. The van der Waals surface area contributed by atoms with Crippen molar-refractivity contribution in [3.8, 4) is 0 Å². The van der Waals surface area contributed by atoms with Crippen LogP contribution in [0.15, 0.2) is 33.8 Å². The molecule has 0 saturated carbocycles. The number of pyridine rings is 1. The van der Waals surface area contributed by atoms with Gasteiger partial charge in [-0.2, -0.15) is 0 Å². The van der Waals surface area contributed by atoms with Crippen LogP contribution in [0, 0.1) is 13.8 Å². The fraction of sp³-hybridized carbons (Fsp3) is 0.571. The van der Waals surface area contributed by atoms with Crippen molar-refractivity contribution in [3.05, 3.63) is 40.7 Å². The van der Waals surface area contributed by atoms with E-state index in [2.05, 4.69) is 69.1 Å². The number of hydrogen-bond acceptors (Lipinski definition) is 5. The first-order valence-corrected chi connectivity index (χ1v) is 10.2. The van der Waals surface area contributed by atoms with Crippen LogP contribution in [0.5, 0.6) is 0 Å². The number of aromatic nitrogens is 1. The molecule has 5 nitrogen and oxygen atoms in total. The summed E-state index contributed by atoms with van der Waals surface area (Å²) < 4.78 is 5.78. The molecule has 0 spiro atoms. The smallest absolute Gasteiger partial charge is 0.183 e. The van der Waals surface area contributed by atoms with Crippen molar-refractivity contribution >= 4 is 22.4 Å². The van der Waals surface area contributed by atoms with Crippen molar-refractivity contribution in [1.29, 1.82) is 0 Å². The number of rotatable bonds is 4. The molecular formula is C21H27N4OSi. The van der Waals surface area contributed by atoms with E-state index in [0.717, 1.165) is 43.2 Å². The lowest BCUT2D eigenvalue weighted by Crippen LogP contribution is -2.36. The highest BCUT2D eigenvalue weighted by Gasteiger charge is 2.38. The van der Waals surface area contributed by atoms with Crippen LogP contribution in [0.25, 0.3) is 0 Å². The molecule has 4 heterocycles. The zero-order valence-corrected chi connectivity index (χ0v) is 17.6. The van der Waals surface area contributed by atoms with E-state index in [0.29, 0.717) is 6.04 Å². The predicted octanol–water partition coefficient (Wildman–Crippen LogP) is 2.82. The monoisotopic (exact) mass is 379 g/mol. The summed E-state index contributed by atoms with van der Waals surface area (Å²) in [7, 11) is 4.12. The maximum absolute atomic E-state index is 5.78. The molecule has 1 aromatic heterocycles. The molecule has 0 aliphatic carbocycles. The lowest BCUT2D eigenvalue weighted by atomic mass is 9.96. The van der Waals surface area contributed by atoms with E-state index in [1.807, 2.05) is 13.1 Å². The van der Waals surface area contributed by atoms with Crippen LogP contribution >= 0.6 is 0 Å². The topological polar surface area (TPSA) is 50.1 Å². The standard InChI is InChI=1S/C21H27N4OSi/c1-13-7-17(8-14(2)23-13)10-21(27)5-6-25(12-21)15(3)18-9-19-20(22-11-18)24-16(4)26-19/h7-9,11,15,19-20H,5-6,10,12H2,1-4H3/t15?,19?,20?,21-/m0/s1. The molecule has 141 valence electrons. The molecule has 27 heavy (non-hydrogen) atoms. The van der Waals surface area contributed by atoms with Crippen molar-refractivity contribution in [2.24, 2.45) is 9.98 Å². The van der Waals surface area contributed by atoms with Crippen LogP contribution in [0.4, 0.5) is 0 Å². The zero-order chi connectivity index (χ0) is 19.2. The van der Waals surface area contributed by atoms with Crippen molar-refractivity contribution in [3.63, 3.8) is 0 Å². The number of ether oxygens (including phenoxy) is 1. The average molecular weight is 380 g/mol. The molecule has 1 saturated heterocycles. The predicted molar refractivity (Wildman–Crippen MR) is 110 cm³/mol. The second kappa shape index (κ2) is 6.98. The Hall–Kier alpha value is -1.79. The molecule has 1 aromatic rings. The SMILES string of the molecule is CC1=NC2N=CC(C(C)N3CC[C@]([Si])(Cc4cc(C)nc(C)c4)C3)=CC2O1. The first-order chi connectivity index (χ1) is 12.8. The molecule has 0 bridgehead atoms. The Morgan fingerprint density at radius 3 is 2.78 bits per heavy atom. The number of aryl methyl sites for hydroxylation is 2. The Labute approximate surface area is 165 Å². The lowest BCUT2D eigenvalue weighted by molar-refractivity contribution is 0.234. The number of nitrogens with zero attached hydrogens (tertiary/aromatic N) is 4. The Morgan fingerprint density at radius 1 is 1.30 bits per heavy atom. The van der Waals surface area contributed by atoms with Crippen LogP contribution in [-0.2, 0) is 11.2 Å². The lowest BCUT2D eigenvalue weighted by Gasteiger charge is -2.30. The van der Waals surface area contributed by atoms with E-state index in [1.165, 1.54) is 11.1 Å². The van der Waals surface area contributed by atoms with Gasteiger partial charge in [0.2, 0.25) is 0 Å². The van der Waals surface area contributed by atoms with Crippen molar-refractivity contribution in [2.75, 3.05) is 13.1 Å². The normalized spacial score (nSPS) is 31.3. The van der Waals surface area contributed by atoms with Gasteiger partial charge in [0.15, 0.2) is 18.2 Å². The molecule has 4 atom stereocenters. The van der Waals surface area contributed by atoms with Gasteiger partial charge < -0.3 is 4.74 Å². The van der Waals surface area contributed by atoms with Gasteiger partial charge in [0.25, 0.3) is 0 Å². The first-order valence-electron chi connectivity index (χ1n) is 9.70. The van der Waals surface area contributed by atoms with E-state index in [4.69, 9.17) is 4.74 Å². The van der Waals surface area contributed by atoms with Gasteiger partial charge in [-0.15, -0.1) is 0 Å². The highest BCUT2D eigenvalue weighted by molar-refractivity contribution is 6.15. The minimum absolute atomic E-state index is 0.0360. The molecule has 0 amide bonds. The third-order valence-electron chi connectivity index (χ3n) is 5.74. The molecule has 6 heteroatoms. The summed E-state index contributed by atoms with van der Waals surface area (Å²) in [5.74, 6) is 0.732. The molecule has 1 fully saturated rings. The average Bonchev–Trinajstić information content (AvgIpc) is 3.14. The van der Waals surface area contributed by atoms with E-state index >= 15 is 0 Å². The van der Waals surface area contributed by atoms with E-state index in [9.17, 15) is 0 Å². The summed E-state index contributed by atoms with van der Waals surface area (Å²) in [4.78, 5) is 16.0. The van der Waals surface area contributed by atoms with E-state index in [1.54, 1.807) is 0 Å². The maximum Gasteiger partial charge on any atom is 0.183 e. The summed E-state index contributed by atoms with van der Waals surface area (Å²) in [5, 5.41) is 0.104. The van der Waals surface area contributed by atoms with Crippen molar-refractivity contribution in [1.82, 2.24) is 9.88 Å². The van der Waals surface area contributed by atoms with Gasteiger partial charge in [0.05, 0.1) is 0 Å². The quantitative estimate of drug-likeness (QED) is 0.756. The molecule has 3 unspecified atom stereocenters. The van der Waals surface area contributed by atoms with Gasteiger partial charge in [-0.1, -0.05) is 0 Å². The molecule has 0 N–H and O–H groups in total. The van der Waals surface area contributed by atoms with Gasteiger partial charge in [0.1, 0.15) is 0 Å². The van der Waals surface area contributed by atoms with Crippen LogP contribution < -0.4 is 0 Å². The molecule has 3 radical (unpaired) electrons. The Kier molecular flexibility index (Phi) is 4.80. The Bertz CT molecular complexity index is 813. The molecule has 3 aliphatic rings. The fourth-order valence-corrected chi connectivity index (χ4v) is 4.95. The second-order valence-corrected chi connectivity index (χ2v) is 9.26.